The van der Waals surface area contributed by atoms with Crippen LogP contribution < -0.4 is 4.74 Å². The number of aromatic nitrogens is 2. The average molecular weight is 407 g/mol. The average Bonchev–Trinajstić information content (AvgIpc) is 3.20. The highest BCUT2D eigenvalue weighted by Crippen LogP contribution is 2.32. The molecule has 2 aliphatic rings. The zero-order valence-corrected chi connectivity index (χ0v) is 16.9. The topological polar surface area (TPSA) is 76.3 Å². The molecule has 1 amide bonds. The molecule has 1 aliphatic heterocycles. The van der Waals surface area contributed by atoms with Crippen molar-refractivity contribution < 1.29 is 19.4 Å². The van der Waals surface area contributed by atoms with Crippen LogP contribution in [0.2, 0.25) is 0 Å². The van der Waals surface area contributed by atoms with Gasteiger partial charge in [-0.2, -0.15) is 0 Å². The molecule has 1 aliphatic carbocycles. The molecule has 3 aromatic rings. The zero-order valence-electron chi connectivity index (χ0n) is 16.9. The molecule has 1 aromatic carbocycles. The van der Waals surface area contributed by atoms with E-state index in [0.29, 0.717) is 32.5 Å². The summed E-state index contributed by atoms with van der Waals surface area (Å²) in [6.07, 6.45) is 4.42. The smallest absolute Gasteiger partial charge is 0.226 e. The summed E-state index contributed by atoms with van der Waals surface area (Å²) in [5.41, 5.74) is 4.01. The fourth-order valence-electron chi connectivity index (χ4n) is 4.29. The van der Waals surface area contributed by atoms with Crippen LogP contribution in [-0.4, -0.2) is 58.2 Å². The van der Waals surface area contributed by atoms with E-state index in [4.69, 9.17) is 9.47 Å². The number of ether oxygens (including phenoxy) is 2. The molecule has 5 rings (SSSR count). The highest BCUT2D eigenvalue weighted by atomic mass is 16.5. The molecule has 2 aromatic heterocycles. The molecule has 7 heteroatoms. The van der Waals surface area contributed by atoms with Crippen molar-refractivity contribution in [3.05, 3.63) is 54.6 Å². The van der Waals surface area contributed by atoms with E-state index in [1.54, 1.807) is 13.4 Å². The number of hydrogen-bond acceptors (Lipinski definition) is 5. The van der Waals surface area contributed by atoms with Crippen LogP contribution in [-0.2, 0) is 9.53 Å². The Morgan fingerprint density at radius 1 is 1.17 bits per heavy atom. The van der Waals surface area contributed by atoms with Crippen molar-refractivity contribution in [2.75, 3.05) is 26.8 Å². The minimum absolute atomic E-state index is 0.0513. The van der Waals surface area contributed by atoms with E-state index in [1.807, 2.05) is 39.6 Å². The number of benzene rings is 1. The first-order valence-corrected chi connectivity index (χ1v) is 10.3. The summed E-state index contributed by atoms with van der Waals surface area (Å²) in [5.74, 6) is 0.901. The molecular weight excluding hydrogens is 382 g/mol. The van der Waals surface area contributed by atoms with E-state index in [9.17, 15) is 9.90 Å². The number of fused-ring (bicyclic) bond motifs is 1. The third-order valence-corrected chi connectivity index (χ3v) is 6.13. The fourth-order valence-corrected chi connectivity index (χ4v) is 4.29. The lowest BCUT2D eigenvalue weighted by Gasteiger charge is -2.38. The first-order valence-electron chi connectivity index (χ1n) is 10.3. The number of aliphatic hydroxyl groups is 1. The van der Waals surface area contributed by atoms with Crippen LogP contribution in [0.15, 0.2) is 48.9 Å². The Bertz CT molecular complexity index is 1060. The molecule has 0 spiro atoms. The maximum atomic E-state index is 12.7. The van der Waals surface area contributed by atoms with Gasteiger partial charge in [0.1, 0.15) is 11.9 Å². The van der Waals surface area contributed by atoms with Crippen LogP contribution in [0.5, 0.6) is 5.75 Å². The summed E-state index contributed by atoms with van der Waals surface area (Å²) in [6, 6.07) is 12.1. The second-order valence-electron chi connectivity index (χ2n) is 8.03. The number of pyridine rings is 1. The van der Waals surface area contributed by atoms with Gasteiger partial charge in [-0.1, -0.05) is 18.2 Å². The highest BCUT2D eigenvalue weighted by molar-refractivity contribution is 5.80. The SMILES string of the molecule is COc1ccc(-c2ccc3c([C@H]4CN(C(=O)C5CC(O)C5)CCO4)ncn3c2)cc1. The van der Waals surface area contributed by atoms with E-state index in [1.165, 1.54) is 0 Å². The summed E-state index contributed by atoms with van der Waals surface area (Å²) in [4.78, 5) is 19.1. The standard InChI is InChI=1S/C23H25N3O4/c1-29-19-5-2-15(3-6-19)16-4-7-20-22(24-14-26(20)12-16)21-13-25(8-9-30-21)23(28)17-10-18(27)11-17/h2-7,12,14,17-18,21,27H,8-11,13H2,1H3/t17?,18?,21-/m1/s1. The molecule has 1 saturated heterocycles. The number of carbonyl (C=O) groups is 1. The van der Waals surface area contributed by atoms with Crippen LogP contribution in [0, 0.1) is 5.92 Å². The number of carbonyl (C=O) groups excluding carboxylic acids is 1. The summed E-state index contributed by atoms with van der Waals surface area (Å²) in [6.45, 7) is 1.59. The Morgan fingerprint density at radius 3 is 2.67 bits per heavy atom. The van der Waals surface area contributed by atoms with E-state index in [-0.39, 0.29) is 24.0 Å². The molecule has 0 unspecified atom stereocenters. The number of nitrogens with zero attached hydrogens (tertiary/aromatic N) is 3. The normalized spacial score (nSPS) is 23.9. The minimum Gasteiger partial charge on any atom is -0.497 e. The number of methoxy groups -OCH3 is 1. The summed E-state index contributed by atoms with van der Waals surface area (Å²) in [5, 5.41) is 9.50. The van der Waals surface area contributed by atoms with Crippen molar-refractivity contribution in [2.24, 2.45) is 5.92 Å². The van der Waals surface area contributed by atoms with E-state index < -0.39 is 0 Å². The third kappa shape index (κ3) is 3.44. The van der Waals surface area contributed by atoms with Crippen molar-refractivity contribution in [1.29, 1.82) is 0 Å². The predicted octanol–water partition coefficient (Wildman–Crippen LogP) is 2.68. The van der Waals surface area contributed by atoms with Crippen molar-refractivity contribution in [3.8, 4) is 16.9 Å². The first-order chi connectivity index (χ1) is 14.6. The number of morpholine rings is 1. The van der Waals surface area contributed by atoms with E-state index in [0.717, 1.165) is 28.1 Å². The minimum atomic E-state index is -0.326. The zero-order chi connectivity index (χ0) is 20.7. The molecule has 7 nitrogen and oxygen atoms in total. The molecule has 156 valence electrons. The second-order valence-corrected chi connectivity index (χ2v) is 8.03. The molecule has 1 atom stereocenters. The third-order valence-electron chi connectivity index (χ3n) is 6.13. The van der Waals surface area contributed by atoms with Crippen molar-refractivity contribution in [3.63, 3.8) is 0 Å². The predicted molar refractivity (Wildman–Crippen MR) is 111 cm³/mol. The molecule has 3 heterocycles. The van der Waals surface area contributed by atoms with Crippen LogP contribution >= 0.6 is 0 Å². The lowest BCUT2D eigenvalue weighted by molar-refractivity contribution is -0.150. The summed E-state index contributed by atoms with van der Waals surface area (Å²) >= 11 is 0. The molecule has 0 radical (unpaired) electrons. The van der Waals surface area contributed by atoms with Gasteiger partial charge >= 0.3 is 0 Å². The van der Waals surface area contributed by atoms with Gasteiger partial charge < -0.3 is 23.9 Å². The Labute approximate surface area is 174 Å². The largest absolute Gasteiger partial charge is 0.497 e. The van der Waals surface area contributed by atoms with E-state index in [2.05, 4.69) is 17.2 Å². The van der Waals surface area contributed by atoms with Gasteiger partial charge in [-0.05, 0) is 42.2 Å². The van der Waals surface area contributed by atoms with E-state index >= 15 is 0 Å². The summed E-state index contributed by atoms with van der Waals surface area (Å²) in [7, 11) is 1.66. The van der Waals surface area contributed by atoms with Gasteiger partial charge in [-0.25, -0.2) is 4.98 Å². The van der Waals surface area contributed by atoms with Gasteiger partial charge in [0.15, 0.2) is 0 Å². The van der Waals surface area contributed by atoms with Crippen LogP contribution in [0.3, 0.4) is 0 Å². The molecule has 1 saturated carbocycles. The second kappa shape index (κ2) is 7.74. The van der Waals surface area contributed by atoms with Crippen molar-refractivity contribution in [2.45, 2.75) is 25.0 Å². The molecule has 2 fully saturated rings. The lowest BCUT2D eigenvalue weighted by Crippen LogP contribution is -2.48. The number of amides is 1. The molecular formula is C23H25N3O4. The fraction of sp³-hybridized carbons (Fsp3) is 0.391. The maximum absolute atomic E-state index is 12.7. The Hall–Kier alpha value is -2.90. The van der Waals surface area contributed by atoms with Gasteiger partial charge in [-0.3, -0.25) is 4.79 Å². The Morgan fingerprint density at radius 2 is 1.93 bits per heavy atom. The van der Waals surface area contributed by atoms with Crippen LogP contribution in [0.1, 0.15) is 24.6 Å². The highest BCUT2D eigenvalue weighted by Gasteiger charge is 2.38. The number of rotatable bonds is 4. The summed E-state index contributed by atoms with van der Waals surface area (Å²) < 4.78 is 13.2. The quantitative estimate of drug-likeness (QED) is 0.720. The van der Waals surface area contributed by atoms with Crippen molar-refractivity contribution >= 4 is 11.4 Å². The lowest BCUT2D eigenvalue weighted by atomic mass is 9.81. The monoisotopic (exact) mass is 407 g/mol. The molecule has 30 heavy (non-hydrogen) atoms. The van der Waals surface area contributed by atoms with Crippen LogP contribution in [0.4, 0.5) is 0 Å². The van der Waals surface area contributed by atoms with Gasteiger partial charge in [0.25, 0.3) is 0 Å². The van der Waals surface area contributed by atoms with Crippen LogP contribution in [0.25, 0.3) is 16.6 Å². The maximum Gasteiger partial charge on any atom is 0.226 e. The Balaban J connectivity index is 1.36. The van der Waals surface area contributed by atoms with Crippen molar-refractivity contribution in [1.82, 2.24) is 14.3 Å². The first kappa shape index (κ1) is 19.1. The molecule has 1 N–H and O–H groups in total. The number of imidazole rings is 1. The Kier molecular flexibility index (Phi) is 4.92. The molecule has 0 bridgehead atoms. The van der Waals surface area contributed by atoms with Gasteiger partial charge in [0.2, 0.25) is 5.91 Å². The van der Waals surface area contributed by atoms with Gasteiger partial charge in [-0.15, -0.1) is 0 Å². The van der Waals surface area contributed by atoms with Gasteiger partial charge in [0.05, 0.1) is 43.9 Å². The number of aliphatic hydroxyl groups excluding tert-OH is 1. The number of hydrogen-bond donors (Lipinski definition) is 1. The van der Waals surface area contributed by atoms with Gasteiger partial charge in [0, 0.05) is 18.7 Å².